The van der Waals surface area contributed by atoms with E-state index in [9.17, 15) is 10.2 Å². The smallest absolute Gasteiger partial charge is 0.157 e. The van der Waals surface area contributed by atoms with Crippen molar-refractivity contribution in [2.75, 3.05) is 0 Å². The van der Waals surface area contributed by atoms with Gasteiger partial charge in [0.2, 0.25) is 0 Å². The minimum atomic E-state index is -0.114. The van der Waals surface area contributed by atoms with Gasteiger partial charge >= 0.3 is 0 Å². The third-order valence-corrected chi connectivity index (χ3v) is 5.61. The van der Waals surface area contributed by atoms with Gasteiger partial charge in [-0.1, -0.05) is 48.2 Å². The van der Waals surface area contributed by atoms with E-state index in [-0.39, 0.29) is 16.7 Å². The second kappa shape index (κ2) is 6.53. The quantitative estimate of drug-likeness (QED) is 0.669. The monoisotopic (exact) mass is 365 g/mol. The molecule has 26 heavy (non-hydrogen) atoms. The van der Waals surface area contributed by atoms with Crippen LogP contribution in [0.1, 0.15) is 34.6 Å². The highest BCUT2D eigenvalue weighted by molar-refractivity contribution is 8.14. The van der Waals surface area contributed by atoms with Crippen molar-refractivity contribution in [3.05, 3.63) is 70.9 Å². The number of rotatable bonds is 3. The van der Waals surface area contributed by atoms with Crippen molar-refractivity contribution in [1.29, 1.82) is 0 Å². The Labute approximate surface area is 156 Å². The van der Waals surface area contributed by atoms with Gasteiger partial charge in [-0.15, -0.1) is 0 Å². The second-order valence-electron chi connectivity index (χ2n) is 6.34. The highest BCUT2D eigenvalue weighted by atomic mass is 32.2. The lowest BCUT2D eigenvalue weighted by molar-refractivity contribution is 0.403. The Balaban J connectivity index is 1.79. The first kappa shape index (κ1) is 16.7. The number of fused-ring (bicyclic) bond motifs is 1. The number of phenols is 2. The lowest BCUT2D eigenvalue weighted by Gasteiger charge is -2.22. The second-order valence-corrected chi connectivity index (χ2v) is 7.64. The zero-order chi connectivity index (χ0) is 18.3. The molecule has 0 bridgehead atoms. The van der Waals surface area contributed by atoms with Gasteiger partial charge in [-0.3, -0.25) is 0 Å². The first-order chi connectivity index (χ1) is 12.5. The van der Waals surface area contributed by atoms with Crippen LogP contribution >= 0.6 is 11.8 Å². The Bertz CT molecular complexity index is 996. The fourth-order valence-electron chi connectivity index (χ4n) is 3.22. The molecule has 132 valence electrons. The standard InChI is InChI=1S/C20H19N3O2S/c1-12-18-19(15-8-9-16(24)17(25)10-15)26-13(2)21-20(18)23(22-12)11-14-6-4-3-5-7-14/h3-10,19,24-25H,11H2,1-2H3/t19-/m0/s1. The van der Waals surface area contributed by atoms with Crippen molar-refractivity contribution in [1.82, 2.24) is 9.78 Å². The average molecular weight is 365 g/mol. The van der Waals surface area contributed by atoms with Gasteiger partial charge in [0.1, 0.15) is 0 Å². The number of aliphatic imine (C=N–C) groups is 1. The molecule has 0 fully saturated rings. The van der Waals surface area contributed by atoms with Crippen molar-refractivity contribution >= 4 is 22.6 Å². The van der Waals surface area contributed by atoms with Crippen molar-refractivity contribution in [2.45, 2.75) is 25.6 Å². The maximum absolute atomic E-state index is 9.90. The summed E-state index contributed by atoms with van der Waals surface area (Å²) in [5.74, 6) is 0.635. The van der Waals surface area contributed by atoms with Crippen LogP contribution in [0.3, 0.4) is 0 Å². The van der Waals surface area contributed by atoms with Gasteiger partial charge in [-0.25, -0.2) is 9.67 Å². The SMILES string of the molecule is CC1=Nc2c(c(C)nn2Cc2ccccc2)[C@H](c2ccc(O)c(O)c2)S1. The van der Waals surface area contributed by atoms with Crippen LogP contribution in [0.25, 0.3) is 0 Å². The maximum atomic E-state index is 9.90. The number of hydrogen-bond acceptors (Lipinski definition) is 5. The van der Waals surface area contributed by atoms with E-state index in [4.69, 9.17) is 10.1 Å². The summed E-state index contributed by atoms with van der Waals surface area (Å²) in [6, 6.07) is 15.2. The van der Waals surface area contributed by atoms with Crippen LogP contribution in [0.4, 0.5) is 5.82 Å². The van der Waals surface area contributed by atoms with E-state index in [1.807, 2.05) is 42.8 Å². The molecule has 6 heteroatoms. The highest BCUT2D eigenvalue weighted by Gasteiger charge is 2.30. The lowest BCUT2D eigenvalue weighted by Crippen LogP contribution is -2.07. The van der Waals surface area contributed by atoms with E-state index in [2.05, 4.69) is 12.1 Å². The Morgan fingerprint density at radius 1 is 1.04 bits per heavy atom. The first-order valence-electron chi connectivity index (χ1n) is 8.38. The molecule has 0 saturated heterocycles. The molecule has 2 heterocycles. The maximum Gasteiger partial charge on any atom is 0.157 e. The largest absolute Gasteiger partial charge is 0.504 e. The Hall–Kier alpha value is -2.73. The van der Waals surface area contributed by atoms with Gasteiger partial charge in [0.25, 0.3) is 0 Å². The number of aryl methyl sites for hydroxylation is 1. The van der Waals surface area contributed by atoms with E-state index >= 15 is 0 Å². The average Bonchev–Trinajstić information content (AvgIpc) is 2.93. The van der Waals surface area contributed by atoms with Gasteiger partial charge < -0.3 is 10.2 Å². The van der Waals surface area contributed by atoms with Gasteiger partial charge in [-0.2, -0.15) is 5.10 Å². The molecule has 0 unspecified atom stereocenters. The summed E-state index contributed by atoms with van der Waals surface area (Å²) in [6.07, 6.45) is 0. The molecule has 3 aromatic rings. The molecule has 0 amide bonds. The van der Waals surface area contributed by atoms with E-state index in [1.165, 1.54) is 11.6 Å². The molecule has 2 N–H and O–H groups in total. The minimum Gasteiger partial charge on any atom is -0.504 e. The van der Waals surface area contributed by atoms with Crippen LogP contribution in [0.5, 0.6) is 11.5 Å². The predicted octanol–water partition coefficient (Wildman–Crippen LogP) is 4.54. The number of hydrogen-bond donors (Lipinski definition) is 2. The summed E-state index contributed by atoms with van der Waals surface area (Å²) in [7, 11) is 0. The number of nitrogens with zero attached hydrogens (tertiary/aromatic N) is 3. The molecule has 0 saturated carbocycles. The molecule has 0 aliphatic carbocycles. The Morgan fingerprint density at radius 2 is 1.81 bits per heavy atom. The molecule has 1 atom stereocenters. The third-order valence-electron chi connectivity index (χ3n) is 4.44. The number of phenolic OH excluding ortho intramolecular Hbond substituents is 2. The first-order valence-corrected chi connectivity index (χ1v) is 9.26. The molecule has 1 aliphatic rings. The lowest BCUT2D eigenvalue weighted by atomic mass is 10.0. The topological polar surface area (TPSA) is 70.6 Å². The third kappa shape index (κ3) is 2.97. The number of aromatic nitrogens is 2. The highest BCUT2D eigenvalue weighted by Crippen LogP contribution is 2.47. The zero-order valence-corrected chi connectivity index (χ0v) is 15.4. The summed E-state index contributed by atoms with van der Waals surface area (Å²) < 4.78 is 1.94. The molecule has 5 nitrogen and oxygen atoms in total. The van der Waals surface area contributed by atoms with Gasteiger partial charge in [-0.05, 0) is 37.1 Å². The van der Waals surface area contributed by atoms with Gasteiger partial charge in [0.15, 0.2) is 17.3 Å². The van der Waals surface area contributed by atoms with Crippen molar-refractivity contribution in [3.63, 3.8) is 0 Å². The van der Waals surface area contributed by atoms with Crippen LogP contribution in [0, 0.1) is 6.92 Å². The van der Waals surface area contributed by atoms with Crippen molar-refractivity contribution in [3.8, 4) is 11.5 Å². The summed E-state index contributed by atoms with van der Waals surface area (Å²) in [4.78, 5) is 4.75. The Kier molecular flexibility index (Phi) is 4.20. The van der Waals surface area contributed by atoms with Crippen LogP contribution in [-0.4, -0.2) is 25.0 Å². The molecular weight excluding hydrogens is 346 g/mol. The molecule has 0 spiro atoms. The van der Waals surface area contributed by atoms with Crippen LogP contribution in [0.2, 0.25) is 0 Å². The van der Waals surface area contributed by atoms with Crippen LogP contribution in [-0.2, 0) is 6.54 Å². The molecule has 1 aromatic heterocycles. The van der Waals surface area contributed by atoms with E-state index in [1.54, 1.807) is 17.8 Å². The van der Waals surface area contributed by atoms with Crippen molar-refractivity contribution in [2.24, 2.45) is 4.99 Å². The van der Waals surface area contributed by atoms with Crippen LogP contribution < -0.4 is 0 Å². The fraction of sp³-hybridized carbons (Fsp3) is 0.200. The Morgan fingerprint density at radius 3 is 2.54 bits per heavy atom. The van der Waals surface area contributed by atoms with Crippen LogP contribution in [0.15, 0.2) is 53.5 Å². The molecular formula is C20H19N3O2S. The summed E-state index contributed by atoms with van der Waals surface area (Å²) in [5.41, 5.74) is 4.07. The molecule has 1 aliphatic heterocycles. The van der Waals surface area contributed by atoms with Crippen molar-refractivity contribution < 1.29 is 10.2 Å². The number of aromatic hydroxyl groups is 2. The summed E-state index contributed by atoms with van der Waals surface area (Å²) in [6.45, 7) is 4.63. The molecule has 2 aromatic carbocycles. The van der Waals surface area contributed by atoms with E-state index < -0.39 is 0 Å². The summed E-state index contributed by atoms with van der Waals surface area (Å²) >= 11 is 1.63. The normalized spacial score (nSPS) is 16.2. The minimum absolute atomic E-state index is 0.0153. The predicted molar refractivity (Wildman–Crippen MR) is 104 cm³/mol. The number of thioether (sulfide) groups is 1. The van der Waals surface area contributed by atoms with E-state index in [0.29, 0.717) is 6.54 Å². The van der Waals surface area contributed by atoms with Gasteiger partial charge in [0.05, 0.1) is 22.5 Å². The van der Waals surface area contributed by atoms with Gasteiger partial charge in [0, 0.05) is 5.56 Å². The fourth-order valence-corrected chi connectivity index (χ4v) is 4.37. The molecule has 4 rings (SSSR count). The van der Waals surface area contributed by atoms with E-state index in [0.717, 1.165) is 27.7 Å². The molecule has 0 radical (unpaired) electrons. The zero-order valence-electron chi connectivity index (χ0n) is 14.5. The summed E-state index contributed by atoms with van der Waals surface area (Å²) in [5, 5.41) is 25.2. The number of benzene rings is 2.